The van der Waals surface area contributed by atoms with Crippen molar-refractivity contribution in [2.24, 2.45) is 0 Å². The average Bonchev–Trinajstić information content (AvgIpc) is 3.22. The molecule has 0 bridgehead atoms. The summed E-state index contributed by atoms with van der Waals surface area (Å²) in [7, 11) is 3.04. The molecule has 0 spiro atoms. The molecule has 0 atom stereocenters. The molecule has 1 heterocycles. The van der Waals surface area contributed by atoms with Crippen LogP contribution in [0, 0.1) is 6.92 Å². The largest absolute Gasteiger partial charge is 0.493 e. The van der Waals surface area contributed by atoms with Gasteiger partial charge >= 0.3 is 0 Å². The van der Waals surface area contributed by atoms with E-state index in [1.165, 1.54) is 14.2 Å². The number of fused-ring (bicyclic) bond motifs is 1. The van der Waals surface area contributed by atoms with Crippen molar-refractivity contribution >= 4 is 16.6 Å². The van der Waals surface area contributed by atoms with Gasteiger partial charge in [0.05, 0.1) is 25.2 Å². The number of nitrogens with one attached hydrogen (secondary N) is 2. The number of hydrogen-bond acceptors (Lipinski definition) is 6. The van der Waals surface area contributed by atoms with E-state index in [1.807, 2.05) is 0 Å². The van der Waals surface area contributed by atoms with Gasteiger partial charge < -0.3 is 24.9 Å². The standard InChI is InChI=1S/C15H19N3O4/c1-8-17-11-9(14(19)18-8)6-10(21-2)13(22-3)12(11)16-7-15(20)4-5-15/h6,16,20H,4-5,7H2,1-3H3,(H,17,18,19). The van der Waals surface area contributed by atoms with Crippen LogP contribution in [0.5, 0.6) is 11.5 Å². The summed E-state index contributed by atoms with van der Waals surface area (Å²) in [5.74, 6) is 1.42. The molecular formula is C15H19N3O4. The summed E-state index contributed by atoms with van der Waals surface area (Å²) in [5, 5.41) is 13.6. The van der Waals surface area contributed by atoms with Gasteiger partial charge in [0.15, 0.2) is 11.5 Å². The molecule has 0 radical (unpaired) electrons. The number of methoxy groups -OCH3 is 2. The Kier molecular flexibility index (Phi) is 3.44. The number of H-pyrrole nitrogens is 1. The number of ether oxygens (including phenoxy) is 2. The Morgan fingerprint density at radius 2 is 2.14 bits per heavy atom. The predicted octanol–water partition coefficient (Wildman–Crippen LogP) is 1.19. The van der Waals surface area contributed by atoms with Crippen LogP contribution in [-0.4, -0.2) is 41.4 Å². The van der Waals surface area contributed by atoms with E-state index < -0.39 is 5.60 Å². The molecule has 3 N–H and O–H groups in total. The highest BCUT2D eigenvalue weighted by atomic mass is 16.5. The Labute approximate surface area is 127 Å². The van der Waals surface area contributed by atoms with Crippen LogP contribution >= 0.6 is 0 Å². The average molecular weight is 305 g/mol. The fraction of sp³-hybridized carbons (Fsp3) is 0.467. The van der Waals surface area contributed by atoms with E-state index in [2.05, 4.69) is 15.3 Å². The summed E-state index contributed by atoms with van der Waals surface area (Å²) in [6, 6.07) is 1.61. The molecule has 0 saturated heterocycles. The van der Waals surface area contributed by atoms with Crippen LogP contribution in [0.4, 0.5) is 5.69 Å². The Morgan fingerprint density at radius 3 is 2.73 bits per heavy atom. The second-order valence-electron chi connectivity index (χ2n) is 5.61. The van der Waals surface area contributed by atoms with E-state index in [4.69, 9.17) is 9.47 Å². The van der Waals surface area contributed by atoms with Crippen molar-refractivity contribution < 1.29 is 14.6 Å². The highest BCUT2D eigenvalue weighted by Gasteiger charge is 2.40. The van der Waals surface area contributed by atoms with Crippen molar-refractivity contribution in [2.45, 2.75) is 25.4 Å². The number of hydrogen-bond donors (Lipinski definition) is 3. The number of benzene rings is 1. The summed E-state index contributed by atoms with van der Waals surface area (Å²) in [4.78, 5) is 19.2. The van der Waals surface area contributed by atoms with Crippen LogP contribution in [0.25, 0.3) is 10.9 Å². The third-order valence-corrected chi connectivity index (χ3v) is 3.88. The van der Waals surface area contributed by atoms with Crippen LogP contribution < -0.4 is 20.3 Å². The third-order valence-electron chi connectivity index (χ3n) is 3.88. The molecule has 7 heteroatoms. The molecule has 1 aromatic carbocycles. The highest BCUT2D eigenvalue weighted by Crippen LogP contribution is 2.42. The fourth-order valence-corrected chi connectivity index (χ4v) is 2.44. The molecule has 118 valence electrons. The third kappa shape index (κ3) is 2.48. The van der Waals surface area contributed by atoms with Crippen LogP contribution in [-0.2, 0) is 0 Å². The smallest absolute Gasteiger partial charge is 0.258 e. The van der Waals surface area contributed by atoms with Gasteiger partial charge in [0.25, 0.3) is 5.56 Å². The van der Waals surface area contributed by atoms with Crippen molar-refractivity contribution in [1.29, 1.82) is 0 Å². The Bertz CT molecular complexity index is 780. The lowest BCUT2D eigenvalue weighted by molar-refractivity contribution is 0.164. The highest BCUT2D eigenvalue weighted by molar-refractivity contribution is 5.95. The van der Waals surface area contributed by atoms with Crippen molar-refractivity contribution in [3.05, 3.63) is 22.2 Å². The number of anilines is 1. The van der Waals surface area contributed by atoms with Crippen molar-refractivity contribution in [1.82, 2.24) is 9.97 Å². The molecule has 7 nitrogen and oxygen atoms in total. The molecule has 1 aliphatic carbocycles. The summed E-state index contributed by atoms with van der Waals surface area (Å²) in [6.45, 7) is 2.09. The molecule has 1 aliphatic rings. The number of nitrogens with zero attached hydrogens (tertiary/aromatic N) is 1. The monoisotopic (exact) mass is 305 g/mol. The minimum Gasteiger partial charge on any atom is -0.493 e. The molecule has 0 amide bonds. The van der Waals surface area contributed by atoms with Gasteiger partial charge in [-0.25, -0.2) is 4.98 Å². The number of aromatic amines is 1. The van der Waals surface area contributed by atoms with Crippen LogP contribution in [0.1, 0.15) is 18.7 Å². The van der Waals surface area contributed by atoms with Gasteiger partial charge in [0.1, 0.15) is 17.0 Å². The molecule has 2 aromatic rings. The summed E-state index contributed by atoms with van der Waals surface area (Å²) in [5.41, 5.74) is 0.141. The normalized spacial score (nSPS) is 15.6. The lowest BCUT2D eigenvalue weighted by Crippen LogP contribution is -2.22. The minimum absolute atomic E-state index is 0.239. The molecule has 22 heavy (non-hydrogen) atoms. The van der Waals surface area contributed by atoms with Gasteiger partial charge in [-0.2, -0.15) is 0 Å². The summed E-state index contributed by atoms with van der Waals surface area (Å²) in [6.07, 6.45) is 1.52. The zero-order valence-electron chi connectivity index (χ0n) is 12.8. The quantitative estimate of drug-likeness (QED) is 0.768. The van der Waals surface area contributed by atoms with Crippen LogP contribution in [0.3, 0.4) is 0 Å². The van der Waals surface area contributed by atoms with Gasteiger partial charge in [0.2, 0.25) is 0 Å². The fourth-order valence-electron chi connectivity index (χ4n) is 2.44. The maximum Gasteiger partial charge on any atom is 0.258 e. The lowest BCUT2D eigenvalue weighted by atomic mass is 10.1. The molecule has 1 aromatic heterocycles. The maximum absolute atomic E-state index is 12.2. The van der Waals surface area contributed by atoms with Crippen LogP contribution in [0.2, 0.25) is 0 Å². The Morgan fingerprint density at radius 1 is 1.41 bits per heavy atom. The van der Waals surface area contributed by atoms with Gasteiger partial charge in [-0.1, -0.05) is 0 Å². The lowest BCUT2D eigenvalue weighted by Gasteiger charge is -2.18. The topological polar surface area (TPSA) is 96.5 Å². The zero-order valence-corrected chi connectivity index (χ0v) is 12.8. The van der Waals surface area contributed by atoms with Gasteiger partial charge in [0, 0.05) is 6.54 Å². The van der Waals surface area contributed by atoms with Crippen molar-refractivity contribution in [3.63, 3.8) is 0 Å². The van der Waals surface area contributed by atoms with Gasteiger partial charge in [-0.3, -0.25) is 4.79 Å². The van der Waals surface area contributed by atoms with E-state index in [0.29, 0.717) is 40.5 Å². The molecule has 0 unspecified atom stereocenters. The van der Waals surface area contributed by atoms with Crippen molar-refractivity contribution in [3.8, 4) is 11.5 Å². The van der Waals surface area contributed by atoms with E-state index in [-0.39, 0.29) is 5.56 Å². The molecule has 0 aliphatic heterocycles. The summed E-state index contributed by atoms with van der Waals surface area (Å²) >= 11 is 0. The molecule has 1 fully saturated rings. The second kappa shape index (κ2) is 5.17. The van der Waals surface area contributed by atoms with Gasteiger partial charge in [-0.15, -0.1) is 0 Å². The molecular weight excluding hydrogens is 286 g/mol. The maximum atomic E-state index is 12.2. The molecule has 1 saturated carbocycles. The SMILES string of the molecule is COc1cc2c(=O)[nH]c(C)nc2c(NCC2(O)CC2)c1OC. The first-order valence-corrected chi connectivity index (χ1v) is 7.09. The molecule has 3 rings (SSSR count). The summed E-state index contributed by atoms with van der Waals surface area (Å²) < 4.78 is 10.7. The zero-order chi connectivity index (χ0) is 15.9. The van der Waals surface area contributed by atoms with Gasteiger partial charge in [-0.05, 0) is 25.8 Å². The Hall–Kier alpha value is -2.28. The minimum atomic E-state index is -0.684. The number of aryl methyl sites for hydroxylation is 1. The van der Waals surface area contributed by atoms with E-state index in [0.717, 1.165) is 12.8 Å². The second-order valence-corrected chi connectivity index (χ2v) is 5.61. The van der Waals surface area contributed by atoms with Crippen molar-refractivity contribution in [2.75, 3.05) is 26.1 Å². The van der Waals surface area contributed by atoms with Crippen LogP contribution in [0.15, 0.2) is 10.9 Å². The Balaban J connectivity index is 2.21. The number of aromatic nitrogens is 2. The first-order chi connectivity index (χ1) is 10.5. The number of rotatable bonds is 5. The van der Waals surface area contributed by atoms with E-state index >= 15 is 0 Å². The first-order valence-electron chi connectivity index (χ1n) is 7.09. The first kappa shape index (κ1) is 14.6. The van der Waals surface area contributed by atoms with E-state index in [1.54, 1.807) is 13.0 Å². The van der Waals surface area contributed by atoms with E-state index in [9.17, 15) is 9.90 Å². The number of aliphatic hydroxyl groups is 1. The predicted molar refractivity (Wildman–Crippen MR) is 82.9 cm³/mol.